The first kappa shape index (κ1) is 10.7. The summed E-state index contributed by atoms with van der Waals surface area (Å²) in [7, 11) is 1.78. The van der Waals surface area contributed by atoms with Crippen LogP contribution in [0.1, 0.15) is 12.5 Å². The Morgan fingerprint density at radius 3 is 2.93 bits per heavy atom. The minimum Gasteiger partial charge on any atom is -0.480 e. The van der Waals surface area contributed by atoms with Gasteiger partial charge in [-0.05, 0) is 14.0 Å². The second-order valence-electron chi connectivity index (χ2n) is 3.27. The standard InChI is InChI=1S/C9H15N3O2/c1-3-12-6-8(4-10-12)5-11(2)7-9(13)14/h4,6H,3,5,7H2,1-2H3,(H,13,14). The average Bonchev–Trinajstić information content (AvgIpc) is 2.50. The highest BCUT2D eigenvalue weighted by atomic mass is 16.4. The summed E-state index contributed by atoms with van der Waals surface area (Å²) in [5.41, 5.74) is 1.04. The third-order valence-electron chi connectivity index (χ3n) is 1.87. The molecule has 0 bridgehead atoms. The highest BCUT2D eigenvalue weighted by molar-refractivity contribution is 5.68. The molecule has 0 aliphatic heterocycles. The predicted octanol–water partition coefficient (Wildman–Crippen LogP) is 0.419. The molecule has 5 heteroatoms. The lowest BCUT2D eigenvalue weighted by atomic mass is 10.3. The third-order valence-corrected chi connectivity index (χ3v) is 1.87. The van der Waals surface area contributed by atoms with E-state index < -0.39 is 5.97 Å². The van der Waals surface area contributed by atoms with Gasteiger partial charge in [-0.25, -0.2) is 0 Å². The molecule has 5 nitrogen and oxygen atoms in total. The zero-order valence-electron chi connectivity index (χ0n) is 8.47. The summed E-state index contributed by atoms with van der Waals surface area (Å²) in [4.78, 5) is 12.1. The molecule has 1 aromatic heterocycles. The van der Waals surface area contributed by atoms with Crippen molar-refractivity contribution in [2.45, 2.75) is 20.0 Å². The Kier molecular flexibility index (Phi) is 3.64. The predicted molar refractivity (Wildman–Crippen MR) is 51.9 cm³/mol. The lowest BCUT2D eigenvalue weighted by molar-refractivity contribution is -0.138. The van der Waals surface area contributed by atoms with Gasteiger partial charge in [0.25, 0.3) is 0 Å². The zero-order valence-corrected chi connectivity index (χ0v) is 8.47. The van der Waals surface area contributed by atoms with Gasteiger partial charge in [0.05, 0.1) is 12.7 Å². The molecule has 0 atom stereocenters. The molecule has 0 fully saturated rings. The average molecular weight is 197 g/mol. The minimum absolute atomic E-state index is 0.0529. The minimum atomic E-state index is -0.810. The number of aromatic nitrogens is 2. The lowest BCUT2D eigenvalue weighted by Crippen LogP contribution is -2.24. The van der Waals surface area contributed by atoms with Crippen molar-refractivity contribution in [3.8, 4) is 0 Å². The summed E-state index contributed by atoms with van der Waals surface area (Å²) >= 11 is 0. The van der Waals surface area contributed by atoms with Crippen LogP contribution in [0.2, 0.25) is 0 Å². The van der Waals surface area contributed by atoms with Crippen molar-refractivity contribution in [3.05, 3.63) is 18.0 Å². The number of hydrogen-bond acceptors (Lipinski definition) is 3. The normalized spacial score (nSPS) is 10.8. The number of aryl methyl sites for hydroxylation is 1. The van der Waals surface area contributed by atoms with Crippen LogP contribution >= 0.6 is 0 Å². The van der Waals surface area contributed by atoms with Crippen molar-refractivity contribution in [1.29, 1.82) is 0 Å². The van der Waals surface area contributed by atoms with Gasteiger partial charge in [0.15, 0.2) is 0 Å². The van der Waals surface area contributed by atoms with Crippen LogP contribution < -0.4 is 0 Å². The number of carboxylic acids is 1. The Hall–Kier alpha value is -1.36. The van der Waals surface area contributed by atoms with Crippen LogP contribution in [-0.2, 0) is 17.9 Å². The zero-order chi connectivity index (χ0) is 10.6. The quantitative estimate of drug-likeness (QED) is 0.743. The van der Waals surface area contributed by atoms with Crippen LogP contribution in [0, 0.1) is 0 Å². The Morgan fingerprint density at radius 1 is 1.71 bits per heavy atom. The SMILES string of the molecule is CCn1cc(CN(C)CC(=O)O)cn1. The fourth-order valence-corrected chi connectivity index (χ4v) is 1.26. The van der Waals surface area contributed by atoms with E-state index in [4.69, 9.17) is 5.11 Å². The van der Waals surface area contributed by atoms with Crippen molar-refractivity contribution in [1.82, 2.24) is 14.7 Å². The van der Waals surface area contributed by atoms with Crippen LogP contribution in [0.5, 0.6) is 0 Å². The smallest absolute Gasteiger partial charge is 0.317 e. The van der Waals surface area contributed by atoms with E-state index in [2.05, 4.69) is 5.10 Å². The fourth-order valence-electron chi connectivity index (χ4n) is 1.26. The number of nitrogens with zero attached hydrogens (tertiary/aromatic N) is 3. The van der Waals surface area contributed by atoms with Gasteiger partial charge >= 0.3 is 5.97 Å². The van der Waals surface area contributed by atoms with Crippen molar-refractivity contribution >= 4 is 5.97 Å². The summed E-state index contributed by atoms with van der Waals surface area (Å²) in [6.07, 6.45) is 3.69. The maximum atomic E-state index is 10.4. The molecule has 0 amide bonds. The van der Waals surface area contributed by atoms with Gasteiger partial charge in [-0.2, -0.15) is 5.10 Å². The molecule has 0 saturated heterocycles. The summed E-state index contributed by atoms with van der Waals surface area (Å²) < 4.78 is 1.82. The molecule has 0 radical (unpaired) electrons. The molecule has 0 aliphatic rings. The van der Waals surface area contributed by atoms with Crippen LogP contribution in [-0.4, -0.2) is 39.3 Å². The van der Waals surface area contributed by atoms with E-state index in [1.807, 2.05) is 17.8 Å². The maximum Gasteiger partial charge on any atom is 0.317 e. The molecule has 1 rings (SSSR count). The lowest BCUT2D eigenvalue weighted by Gasteiger charge is -2.11. The van der Waals surface area contributed by atoms with Crippen LogP contribution in [0.4, 0.5) is 0 Å². The van der Waals surface area contributed by atoms with E-state index in [1.165, 1.54) is 0 Å². The Labute approximate surface area is 82.9 Å². The highest BCUT2D eigenvalue weighted by Crippen LogP contribution is 2.01. The number of aliphatic carboxylic acids is 1. The van der Waals surface area contributed by atoms with Gasteiger partial charge in [-0.15, -0.1) is 0 Å². The van der Waals surface area contributed by atoms with E-state index in [0.717, 1.165) is 12.1 Å². The molecule has 0 unspecified atom stereocenters. The molecule has 14 heavy (non-hydrogen) atoms. The molecule has 1 heterocycles. The Morgan fingerprint density at radius 2 is 2.43 bits per heavy atom. The third kappa shape index (κ3) is 3.18. The van der Waals surface area contributed by atoms with Gasteiger partial charge in [0, 0.05) is 24.8 Å². The van der Waals surface area contributed by atoms with Crippen molar-refractivity contribution < 1.29 is 9.90 Å². The summed E-state index contributed by atoms with van der Waals surface area (Å²) in [6.45, 7) is 3.52. The molecular formula is C9H15N3O2. The van der Waals surface area contributed by atoms with Crippen molar-refractivity contribution in [3.63, 3.8) is 0 Å². The summed E-state index contributed by atoms with van der Waals surface area (Å²) in [5, 5.41) is 12.7. The molecular weight excluding hydrogens is 182 g/mol. The van der Waals surface area contributed by atoms with Crippen molar-refractivity contribution in [2.75, 3.05) is 13.6 Å². The van der Waals surface area contributed by atoms with Crippen LogP contribution in [0.3, 0.4) is 0 Å². The molecule has 1 aromatic rings. The molecule has 0 saturated carbocycles. The maximum absolute atomic E-state index is 10.4. The number of carbonyl (C=O) groups is 1. The van der Waals surface area contributed by atoms with Gasteiger partial charge in [-0.1, -0.05) is 0 Å². The van der Waals surface area contributed by atoms with Gasteiger partial charge in [-0.3, -0.25) is 14.4 Å². The van der Waals surface area contributed by atoms with Crippen LogP contribution in [0.15, 0.2) is 12.4 Å². The van der Waals surface area contributed by atoms with E-state index in [-0.39, 0.29) is 6.54 Å². The first-order valence-electron chi connectivity index (χ1n) is 4.53. The first-order chi connectivity index (χ1) is 6.61. The molecule has 78 valence electrons. The van der Waals surface area contributed by atoms with Crippen LogP contribution in [0.25, 0.3) is 0 Å². The highest BCUT2D eigenvalue weighted by Gasteiger charge is 2.06. The van der Waals surface area contributed by atoms with E-state index in [1.54, 1.807) is 18.1 Å². The molecule has 0 spiro atoms. The second kappa shape index (κ2) is 4.76. The summed E-state index contributed by atoms with van der Waals surface area (Å²) in [5.74, 6) is -0.810. The van der Waals surface area contributed by atoms with Gasteiger partial charge in [0.2, 0.25) is 0 Å². The molecule has 0 aliphatic carbocycles. The number of rotatable bonds is 5. The number of hydrogen-bond donors (Lipinski definition) is 1. The van der Waals surface area contributed by atoms with E-state index >= 15 is 0 Å². The summed E-state index contributed by atoms with van der Waals surface area (Å²) in [6, 6.07) is 0. The van der Waals surface area contributed by atoms with Crippen molar-refractivity contribution in [2.24, 2.45) is 0 Å². The molecule has 1 N–H and O–H groups in total. The second-order valence-corrected chi connectivity index (χ2v) is 3.27. The largest absolute Gasteiger partial charge is 0.480 e. The monoisotopic (exact) mass is 197 g/mol. The number of carboxylic acid groups (broad SMARTS) is 1. The Bertz CT molecular complexity index is 309. The first-order valence-corrected chi connectivity index (χ1v) is 4.53. The van der Waals surface area contributed by atoms with Gasteiger partial charge in [0.1, 0.15) is 0 Å². The van der Waals surface area contributed by atoms with E-state index in [9.17, 15) is 4.79 Å². The van der Waals surface area contributed by atoms with E-state index in [0.29, 0.717) is 6.54 Å². The number of likely N-dealkylation sites (N-methyl/N-ethyl adjacent to an activating group) is 1. The fraction of sp³-hybridized carbons (Fsp3) is 0.556. The molecule has 0 aromatic carbocycles. The topological polar surface area (TPSA) is 58.4 Å². The Balaban J connectivity index is 2.47. The van der Waals surface area contributed by atoms with Gasteiger partial charge < -0.3 is 5.11 Å².